The third-order valence-corrected chi connectivity index (χ3v) is 4.05. The van der Waals surface area contributed by atoms with Crippen LogP contribution in [0.4, 0.5) is 17.5 Å². The SMILES string of the molecule is Cc1cc(Nc2cc(Cl)cc(Cl)c2)nc(N2CCCCC2)n1. The topological polar surface area (TPSA) is 41.1 Å². The van der Waals surface area contributed by atoms with Crippen LogP contribution in [0, 0.1) is 6.92 Å². The largest absolute Gasteiger partial charge is 0.341 e. The Hall–Kier alpha value is -1.52. The van der Waals surface area contributed by atoms with Gasteiger partial charge in [0.05, 0.1) is 0 Å². The van der Waals surface area contributed by atoms with Crippen LogP contribution in [-0.2, 0) is 0 Å². The van der Waals surface area contributed by atoms with Crippen LogP contribution in [0.2, 0.25) is 10.0 Å². The number of rotatable bonds is 3. The molecule has 0 unspecified atom stereocenters. The van der Waals surface area contributed by atoms with E-state index in [0.29, 0.717) is 10.0 Å². The molecule has 2 heterocycles. The first kappa shape index (κ1) is 15.4. The minimum Gasteiger partial charge on any atom is -0.341 e. The lowest BCUT2D eigenvalue weighted by molar-refractivity contribution is 0.568. The van der Waals surface area contributed by atoms with Gasteiger partial charge in [-0.2, -0.15) is 4.98 Å². The Balaban J connectivity index is 1.85. The van der Waals surface area contributed by atoms with E-state index in [1.54, 1.807) is 6.07 Å². The number of hydrogen-bond donors (Lipinski definition) is 1. The fourth-order valence-corrected chi connectivity index (χ4v) is 3.15. The third-order valence-electron chi connectivity index (χ3n) is 3.62. The highest BCUT2D eigenvalue weighted by molar-refractivity contribution is 6.35. The molecule has 2 aromatic rings. The highest BCUT2D eigenvalue weighted by atomic mass is 35.5. The standard InChI is InChI=1S/C16H18Cl2N4/c1-11-7-15(20-14-9-12(17)8-13(18)10-14)21-16(19-11)22-5-3-2-4-6-22/h7-10H,2-6H2,1H3,(H,19,20,21). The normalized spacial score (nSPS) is 15.0. The van der Waals surface area contributed by atoms with Crippen molar-refractivity contribution in [2.75, 3.05) is 23.3 Å². The van der Waals surface area contributed by atoms with Crippen LogP contribution < -0.4 is 10.2 Å². The average molecular weight is 337 g/mol. The average Bonchev–Trinajstić information content (AvgIpc) is 2.46. The van der Waals surface area contributed by atoms with E-state index < -0.39 is 0 Å². The molecule has 1 fully saturated rings. The van der Waals surface area contributed by atoms with Crippen molar-refractivity contribution in [2.24, 2.45) is 0 Å². The van der Waals surface area contributed by atoms with E-state index in [9.17, 15) is 0 Å². The minimum atomic E-state index is 0.594. The van der Waals surface area contributed by atoms with E-state index in [-0.39, 0.29) is 0 Å². The molecule has 0 atom stereocenters. The summed E-state index contributed by atoms with van der Waals surface area (Å²) in [4.78, 5) is 11.4. The van der Waals surface area contributed by atoms with Crippen molar-refractivity contribution in [2.45, 2.75) is 26.2 Å². The van der Waals surface area contributed by atoms with E-state index in [2.05, 4.69) is 20.2 Å². The summed E-state index contributed by atoms with van der Waals surface area (Å²) in [5.41, 5.74) is 1.76. The molecule has 6 heteroatoms. The van der Waals surface area contributed by atoms with Crippen molar-refractivity contribution in [1.29, 1.82) is 0 Å². The predicted molar refractivity (Wildman–Crippen MR) is 92.6 cm³/mol. The first-order valence-electron chi connectivity index (χ1n) is 7.44. The summed E-state index contributed by atoms with van der Waals surface area (Å²) >= 11 is 12.1. The summed E-state index contributed by atoms with van der Waals surface area (Å²) in [5.74, 6) is 1.54. The van der Waals surface area contributed by atoms with E-state index in [1.165, 1.54) is 19.3 Å². The van der Waals surface area contributed by atoms with Gasteiger partial charge in [-0.1, -0.05) is 23.2 Å². The molecule has 1 aromatic carbocycles. The van der Waals surface area contributed by atoms with Gasteiger partial charge >= 0.3 is 0 Å². The highest BCUT2D eigenvalue weighted by Crippen LogP contribution is 2.26. The van der Waals surface area contributed by atoms with E-state index >= 15 is 0 Å². The number of benzene rings is 1. The Morgan fingerprint density at radius 2 is 1.64 bits per heavy atom. The molecule has 0 bridgehead atoms. The number of aryl methyl sites for hydroxylation is 1. The molecule has 0 saturated carbocycles. The van der Waals surface area contributed by atoms with Gasteiger partial charge in [0.25, 0.3) is 0 Å². The van der Waals surface area contributed by atoms with Gasteiger partial charge in [-0.25, -0.2) is 4.98 Å². The summed E-state index contributed by atoms with van der Waals surface area (Å²) in [6.07, 6.45) is 3.68. The predicted octanol–water partition coefficient (Wildman–Crippen LogP) is 4.83. The van der Waals surface area contributed by atoms with Crippen molar-refractivity contribution in [3.63, 3.8) is 0 Å². The molecule has 22 heavy (non-hydrogen) atoms. The van der Waals surface area contributed by atoms with Crippen molar-refractivity contribution in [1.82, 2.24) is 9.97 Å². The second kappa shape index (κ2) is 6.71. The molecule has 1 aliphatic heterocycles. The van der Waals surface area contributed by atoms with Gasteiger partial charge in [-0.15, -0.1) is 0 Å². The first-order valence-corrected chi connectivity index (χ1v) is 8.19. The fourth-order valence-electron chi connectivity index (χ4n) is 2.63. The molecule has 116 valence electrons. The van der Waals surface area contributed by atoms with Gasteiger partial charge in [0.2, 0.25) is 5.95 Å². The molecule has 1 N–H and O–H groups in total. The van der Waals surface area contributed by atoms with Crippen LogP contribution in [0.5, 0.6) is 0 Å². The van der Waals surface area contributed by atoms with E-state index in [4.69, 9.17) is 23.2 Å². The van der Waals surface area contributed by atoms with E-state index in [0.717, 1.165) is 36.2 Å². The summed E-state index contributed by atoms with van der Waals surface area (Å²) in [5, 5.41) is 4.45. The Labute approximate surface area is 140 Å². The zero-order valence-electron chi connectivity index (χ0n) is 12.4. The number of halogens is 2. The van der Waals surface area contributed by atoms with Gasteiger partial charge in [-0.05, 0) is 44.4 Å². The second-order valence-corrected chi connectivity index (χ2v) is 6.40. The Morgan fingerprint density at radius 1 is 0.955 bits per heavy atom. The zero-order chi connectivity index (χ0) is 15.5. The van der Waals surface area contributed by atoms with Crippen LogP contribution >= 0.6 is 23.2 Å². The quantitative estimate of drug-likeness (QED) is 0.871. The number of piperidine rings is 1. The molecule has 0 aliphatic carbocycles. The maximum Gasteiger partial charge on any atom is 0.227 e. The van der Waals surface area contributed by atoms with Gasteiger partial charge in [0.15, 0.2) is 0 Å². The van der Waals surface area contributed by atoms with Crippen LogP contribution in [-0.4, -0.2) is 23.1 Å². The van der Waals surface area contributed by atoms with Crippen molar-refractivity contribution in [3.8, 4) is 0 Å². The monoisotopic (exact) mass is 336 g/mol. The molecular formula is C16H18Cl2N4. The molecule has 0 radical (unpaired) electrons. The minimum absolute atomic E-state index is 0.594. The van der Waals surface area contributed by atoms with Gasteiger partial charge in [0.1, 0.15) is 5.82 Å². The Bertz CT molecular complexity index is 649. The maximum absolute atomic E-state index is 6.04. The molecule has 1 aromatic heterocycles. The van der Waals surface area contributed by atoms with Gasteiger partial charge in [0, 0.05) is 40.6 Å². The lowest BCUT2D eigenvalue weighted by Crippen LogP contribution is -2.31. The summed E-state index contributed by atoms with van der Waals surface area (Å²) in [6.45, 7) is 4.02. The van der Waals surface area contributed by atoms with Crippen molar-refractivity contribution in [3.05, 3.63) is 40.0 Å². The number of nitrogens with one attached hydrogen (secondary N) is 1. The Kier molecular flexibility index (Phi) is 4.69. The summed E-state index contributed by atoms with van der Waals surface area (Å²) in [6, 6.07) is 7.28. The molecule has 0 amide bonds. The van der Waals surface area contributed by atoms with E-state index in [1.807, 2.05) is 25.1 Å². The van der Waals surface area contributed by atoms with Gasteiger partial charge < -0.3 is 10.2 Å². The zero-order valence-corrected chi connectivity index (χ0v) is 14.0. The molecule has 3 rings (SSSR count). The highest BCUT2D eigenvalue weighted by Gasteiger charge is 2.14. The fraction of sp³-hybridized carbons (Fsp3) is 0.375. The lowest BCUT2D eigenvalue weighted by Gasteiger charge is -2.27. The molecule has 4 nitrogen and oxygen atoms in total. The van der Waals surface area contributed by atoms with Crippen molar-refractivity contribution >= 4 is 40.7 Å². The number of hydrogen-bond acceptors (Lipinski definition) is 4. The lowest BCUT2D eigenvalue weighted by atomic mass is 10.1. The third kappa shape index (κ3) is 3.81. The number of aromatic nitrogens is 2. The summed E-state index contributed by atoms with van der Waals surface area (Å²) in [7, 11) is 0. The smallest absolute Gasteiger partial charge is 0.227 e. The maximum atomic E-state index is 6.04. The summed E-state index contributed by atoms with van der Waals surface area (Å²) < 4.78 is 0. The van der Waals surface area contributed by atoms with Crippen LogP contribution in [0.1, 0.15) is 25.0 Å². The number of nitrogens with zero attached hydrogens (tertiary/aromatic N) is 3. The van der Waals surface area contributed by atoms with Crippen LogP contribution in [0.3, 0.4) is 0 Å². The van der Waals surface area contributed by atoms with Crippen LogP contribution in [0.25, 0.3) is 0 Å². The Morgan fingerprint density at radius 3 is 2.32 bits per heavy atom. The molecule has 1 saturated heterocycles. The molecule has 1 aliphatic rings. The van der Waals surface area contributed by atoms with Crippen LogP contribution in [0.15, 0.2) is 24.3 Å². The number of anilines is 3. The van der Waals surface area contributed by atoms with Gasteiger partial charge in [-0.3, -0.25) is 0 Å². The first-order chi connectivity index (χ1) is 10.6. The molecular weight excluding hydrogens is 319 g/mol. The van der Waals surface area contributed by atoms with Crippen molar-refractivity contribution < 1.29 is 0 Å². The second-order valence-electron chi connectivity index (χ2n) is 5.53. The molecule has 0 spiro atoms.